The fraction of sp³-hybridized carbons (Fsp3) is 0.417. The van der Waals surface area contributed by atoms with Crippen LogP contribution >= 0.6 is 11.6 Å². The van der Waals surface area contributed by atoms with Crippen molar-refractivity contribution in [1.29, 1.82) is 0 Å². The van der Waals surface area contributed by atoms with Crippen LogP contribution in [0.5, 0.6) is 0 Å². The molecule has 0 amide bonds. The molecule has 0 bridgehead atoms. The van der Waals surface area contributed by atoms with E-state index in [0.717, 1.165) is 0 Å². The predicted molar refractivity (Wildman–Crippen MR) is 74.9 cm³/mol. The van der Waals surface area contributed by atoms with Crippen LogP contribution in [0.4, 0.5) is 0 Å². The lowest BCUT2D eigenvalue weighted by atomic mass is 10.3. The van der Waals surface area contributed by atoms with Gasteiger partial charge in [0.1, 0.15) is 10.9 Å². The van der Waals surface area contributed by atoms with Crippen LogP contribution in [0.25, 0.3) is 11.5 Å². The van der Waals surface area contributed by atoms with Gasteiger partial charge in [-0.1, -0.05) is 16.8 Å². The number of hydrogen-bond donors (Lipinski definition) is 0. The molecule has 0 N–H and O–H groups in total. The van der Waals surface area contributed by atoms with Gasteiger partial charge in [0.25, 0.3) is 5.89 Å². The van der Waals surface area contributed by atoms with Crippen molar-refractivity contribution in [2.45, 2.75) is 31.3 Å². The molecule has 0 spiro atoms. The number of pyridine rings is 1. The lowest BCUT2D eigenvalue weighted by Crippen LogP contribution is -2.29. The zero-order valence-corrected chi connectivity index (χ0v) is 12.9. The van der Waals surface area contributed by atoms with Crippen LogP contribution in [0, 0.1) is 0 Å². The lowest BCUT2D eigenvalue weighted by Gasteiger charge is -2.17. The molecule has 0 fully saturated rings. The van der Waals surface area contributed by atoms with Crippen molar-refractivity contribution in [3.63, 3.8) is 0 Å². The van der Waals surface area contributed by atoms with Crippen molar-refractivity contribution in [2.24, 2.45) is 0 Å². The molecule has 2 heterocycles. The maximum absolute atomic E-state index is 12.1. The highest BCUT2D eigenvalue weighted by Crippen LogP contribution is 2.22. The summed E-state index contributed by atoms with van der Waals surface area (Å²) in [5.74, 6) is 0.0826. The van der Waals surface area contributed by atoms with Crippen LogP contribution in [0.3, 0.4) is 0 Å². The number of sulfone groups is 1. The molecule has 0 unspecified atom stereocenters. The summed E-state index contributed by atoms with van der Waals surface area (Å²) in [7, 11) is -3.35. The van der Waals surface area contributed by atoms with E-state index in [1.807, 2.05) is 0 Å². The number of rotatable bonds is 3. The SMILES string of the molecule is CC(C)(C)S(=O)(=O)Cc1noc(-c2ccc(Cl)nc2)n1. The number of halogens is 1. The van der Waals surface area contributed by atoms with Gasteiger partial charge in [-0.15, -0.1) is 0 Å². The molecular weight excluding hydrogens is 302 g/mol. The Kier molecular flexibility index (Phi) is 3.84. The molecule has 0 atom stereocenters. The standard InChI is InChI=1S/C12H14ClN3O3S/c1-12(2,3)20(17,18)7-10-15-11(19-16-10)8-4-5-9(13)14-6-8/h4-6H,7H2,1-3H3. The van der Waals surface area contributed by atoms with Gasteiger partial charge >= 0.3 is 0 Å². The number of aromatic nitrogens is 3. The molecule has 6 nitrogen and oxygen atoms in total. The molecule has 20 heavy (non-hydrogen) atoms. The van der Waals surface area contributed by atoms with E-state index in [1.54, 1.807) is 32.9 Å². The van der Waals surface area contributed by atoms with E-state index in [4.69, 9.17) is 16.1 Å². The number of hydrogen-bond acceptors (Lipinski definition) is 6. The Hall–Kier alpha value is -1.47. The second kappa shape index (κ2) is 5.14. The summed E-state index contributed by atoms with van der Waals surface area (Å²) in [5, 5.41) is 4.04. The van der Waals surface area contributed by atoms with E-state index in [9.17, 15) is 8.42 Å². The summed E-state index contributed by atoms with van der Waals surface area (Å²) < 4.78 is 28.3. The first-order valence-electron chi connectivity index (χ1n) is 5.86. The van der Waals surface area contributed by atoms with Gasteiger partial charge in [-0.05, 0) is 32.9 Å². The Bertz CT molecular complexity index is 702. The fourth-order valence-electron chi connectivity index (χ4n) is 1.32. The van der Waals surface area contributed by atoms with Crippen molar-refractivity contribution in [2.75, 3.05) is 0 Å². The molecule has 0 saturated heterocycles. The monoisotopic (exact) mass is 315 g/mol. The highest BCUT2D eigenvalue weighted by Gasteiger charge is 2.30. The van der Waals surface area contributed by atoms with Crippen LogP contribution in [0.15, 0.2) is 22.9 Å². The molecule has 0 saturated carbocycles. The minimum absolute atomic E-state index is 0.130. The van der Waals surface area contributed by atoms with Crippen LogP contribution in [0.1, 0.15) is 26.6 Å². The van der Waals surface area contributed by atoms with Gasteiger partial charge in [0.05, 0.1) is 10.3 Å². The van der Waals surface area contributed by atoms with E-state index in [0.29, 0.717) is 10.7 Å². The Morgan fingerprint density at radius 2 is 2.00 bits per heavy atom. The predicted octanol–water partition coefficient (Wildman–Crippen LogP) is 2.50. The first-order valence-corrected chi connectivity index (χ1v) is 7.89. The molecule has 0 aromatic carbocycles. The van der Waals surface area contributed by atoms with Crippen LogP contribution in [-0.2, 0) is 15.6 Å². The van der Waals surface area contributed by atoms with Gasteiger partial charge in [0.2, 0.25) is 0 Å². The molecule has 0 radical (unpaired) electrons. The topological polar surface area (TPSA) is 86.0 Å². The quantitative estimate of drug-likeness (QED) is 0.809. The van der Waals surface area contributed by atoms with E-state index in [1.165, 1.54) is 6.20 Å². The molecule has 0 aliphatic carbocycles. The van der Waals surface area contributed by atoms with Crippen molar-refractivity contribution < 1.29 is 12.9 Å². The molecule has 8 heteroatoms. The first-order chi connectivity index (χ1) is 9.19. The van der Waals surface area contributed by atoms with Crippen molar-refractivity contribution in [3.05, 3.63) is 29.3 Å². The second-order valence-corrected chi connectivity index (χ2v) is 8.39. The summed E-state index contributed by atoms with van der Waals surface area (Å²) in [5.41, 5.74) is 0.585. The molecule has 0 aliphatic heterocycles. The Balaban J connectivity index is 2.24. The van der Waals surface area contributed by atoms with E-state index in [-0.39, 0.29) is 17.5 Å². The fourth-order valence-corrected chi connectivity index (χ4v) is 2.32. The van der Waals surface area contributed by atoms with E-state index in [2.05, 4.69) is 15.1 Å². The lowest BCUT2D eigenvalue weighted by molar-refractivity contribution is 0.424. The molecule has 0 aliphatic rings. The Labute approximate surface area is 122 Å². The van der Waals surface area contributed by atoms with Gasteiger partial charge in [0, 0.05) is 6.20 Å². The maximum atomic E-state index is 12.1. The van der Waals surface area contributed by atoms with Crippen LogP contribution < -0.4 is 0 Å². The maximum Gasteiger partial charge on any atom is 0.259 e. The minimum atomic E-state index is -3.35. The zero-order chi connectivity index (χ0) is 15.0. The second-order valence-electron chi connectivity index (χ2n) is 5.26. The molecular formula is C12H14ClN3O3S. The summed E-state index contributed by atoms with van der Waals surface area (Å²) in [6.07, 6.45) is 1.48. The van der Waals surface area contributed by atoms with E-state index >= 15 is 0 Å². The summed E-state index contributed by atoms with van der Waals surface area (Å²) in [6, 6.07) is 3.26. The molecule has 2 rings (SSSR count). The smallest absolute Gasteiger partial charge is 0.259 e. The zero-order valence-electron chi connectivity index (χ0n) is 11.3. The summed E-state index contributed by atoms with van der Waals surface area (Å²) >= 11 is 5.68. The average Bonchev–Trinajstić information content (AvgIpc) is 2.76. The molecule has 108 valence electrons. The molecule has 2 aromatic heterocycles. The van der Waals surface area contributed by atoms with E-state index < -0.39 is 14.6 Å². The largest absolute Gasteiger partial charge is 0.334 e. The third kappa shape index (κ3) is 3.16. The van der Waals surface area contributed by atoms with Gasteiger partial charge in [-0.25, -0.2) is 13.4 Å². The van der Waals surface area contributed by atoms with Crippen LogP contribution in [0.2, 0.25) is 5.15 Å². The van der Waals surface area contributed by atoms with Gasteiger partial charge in [0.15, 0.2) is 15.7 Å². The highest BCUT2D eigenvalue weighted by molar-refractivity contribution is 7.91. The minimum Gasteiger partial charge on any atom is -0.334 e. The Morgan fingerprint density at radius 1 is 1.30 bits per heavy atom. The normalized spacial score (nSPS) is 12.6. The number of nitrogens with zero attached hydrogens (tertiary/aromatic N) is 3. The third-order valence-electron chi connectivity index (χ3n) is 2.69. The summed E-state index contributed by atoms with van der Waals surface area (Å²) in [4.78, 5) is 7.97. The van der Waals surface area contributed by atoms with Crippen molar-refractivity contribution in [3.8, 4) is 11.5 Å². The van der Waals surface area contributed by atoms with Gasteiger partial charge in [-0.3, -0.25) is 0 Å². The van der Waals surface area contributed by atoms with Gasteiger partial charge in [-0.2, -0.15) is 4.98 Å². The van der Waals surface area contributed by atoms with Crippen molar-refractivity contribution >= 4 is 21.4 Å². The van der Waals surface area contributed by atoms with Crippen LogP contribution in [-0.4, -0.2) is 28.3 Å². The third-order valence-corrected chi connectivity index (χ3v) is 5.42. The van der Waals surface area contributed by atoms with Crippen molar-refractivity contribution in [1.82, 2.24) is 15.1 Å². The average molecular weight is 316 g/mol. The summed E-state index contributed by atoms with van der Waals surface area (Å²) in [6.45, 7) is 4.89. The molecule has 2 aromatic rings. The Morgan fingerprint density at radius 3 is 2.55 bits per heavy atom. The van der Waals surface area contributed by atoms with Gasteiger partial charge < -0.3 is 4.52 Å². The highest BCUT2D eigenvalue weighted by atomic mass is 35.5. The first kappa shape index (κ1) is 14.9.